The third-order valence-electron chi connectivity index (χ3n) is 4.17. The molecular weight excluding hydrogens is 270 g/mol. The second kappa shape index (κ2) is 7.79. The van der Waals surface area contributed by atoms with Crippen LogP contribution in [0.25, 0.3) is 0 Å². The minimum absolute atomic E-state index is 0.00791. The van der Waals surface area contributed by atoms with Gasteiger partial charge >= 0.3 is 0 Å². The molecule has 116 valence electrons. The Morgan fingerprint density at radius 2 is 1.68 bits per heavy atom. The number of hydrogen-bond acceptors (Lipinski definition) is 1. The van der Waals surface area contributed by atoms with Crippen LogP contribution in [0.5, 0.6) is 0 Å². The molecule has 1 amide bonds. The van der Waals surface area contributed by atoms with Crippen LogP contribution in [0.15, 0.2) is 54.6 Å². The number of nitrogens with one attached hydrogen (secondary N) is 1. The molecule has 1 N–H and O–H groups in total. The summed E-state index contributed by atoms with van der Waals surface area (Å²) in [7, 11) is 0. The Morgan fingerprint density at radius 1 is 1.05 bits per heavy atom. The van der Waals surface area contributed by atoms with E-state index in [1.165, 1.54) is 11.1 Å². The number of hydrogen-bond donors (Lipinski definition) is 1. The monoisotopic (exact) mass is 295 g/mol. The molecule has 2 rings (SSSR count). The van der Waals surface area contributed by atoms with Gasteiger partial charge in [-0.05, 0) is 43.4 Å². The van der Waals surface area contributed by atoms with E-state index >= 15 is 0 Å². The lowest BCUT2D eigenvalue weighted by atomic mass is 9.87. The summed E-state index contributed by atoms with van der Waals surface area (Å²) >= 11 is 0. The molecule has 0 radical (unpaired) electrons. The Kier molecular flexibility index (Phi) is 5.76. The first-order chi connectivity index (χ1) is 10.6. The van der Waals surface area contributed by atoms with Gasteiger partial charge in [-0.25, -0.2) is 0 Å². The molecule has 2 unspecified atom stereocenters. The maximum absolute atomic E-state index is 12.3. The smallest absolute Gasteiger partial charge is 0.227 e. The molecule has 2 aromatic rings. The van der Waals surface area contributed by atoms with E-state index in [-0.39, 0.29) is 11.8 Å². The number of para-hydroxylation sites is 1. The average molecular weight is 295 g/mol. The fraction of sp³-hybridized carbons (Fsp3) is 0.350. The molecule has 2 aromatic carbocycles. The van der Waals surface area contributed by atoms with Crippen molar-refractivity contribution in [2.24, 2.45) is 5.92 Å². The third kappa shape index (κ3) is 4.45. The second-order valence-corrected chi connectivity index (χ2v) is 6.01. The van der Waals surface area contributed by atoms with Crippen LogP contribution in [0.4, 0.5) is 5.69 Å². The molecule has 0 spiro atoms. The lowest BCUT2D eigenvalue weighted by Gasteiger charge is -2.20. The lowest BCUT2D eigenvalue weighted by Crippen LogP contribution is -2.22. The summed E-state index contributed by atoms with van der Waals surface area (Å²) in [5.74, 6) is 0.514. The second-order valence-electron chi connectivity index (χ2n) is 6.01. The fourth-order valence-electron chi connectivity index (χ4n) is 2.70. The third-order valence-corrected chi connectivity index (χ3v) is 4.17. The highest BCUT2D eigenvalue weighted by molar-refractivity contribution is 5.92. The van der Waals surface area contributed by atoms with Gasteiger partial charge in [0, 0.05) is 11.6 Å². The lowest BCUT2D eigenvalue weighted by molar-refractivity contribution is -0.119. The van der Waals surface area contributed by atoms with Crippen molar-refractivity contribution >= 4 is 11.6 Å². The molecular formula is C20H25NO. The molecule has 2 nitrogen and oxygen atoms in total. The van der Waals surface area contributed by atoms with Crippen LogP contribution in [-0.2, 0) is 4.79 Å². The minimum atomic E-state index is -0.00791. The number of aryl methyl sites for hydroxylation is 1. The highest BCUT2D eigenvalue weighted by Gasteiger charge is 2.19. The van der Waals surface area contributed by atoms with E-state index in [0.29, 0.717) is 5.92 Å². The van der Waals surface area contributed by atoms with Crippen LogP contribution in [0.2, 0.25) is 0 Å². The quantitative estimate of drug-likeness (QED) is 0.784. The van der Waals surface area contributed by atoms with Crippen LogP contribution >= 0.6 is 0 Å². The number of rotatable bonds is 6. The molecule has 22 heavy (non-hydrogen) atoms. The van der Waals surface area contributed by atoms with Gasteiger partial charge in [0.2, 0.25) is 5.91 Å². The van der Waals surface area contributed by atoms with Crippen LogP contribution in [0, 0.1) is 12.8 Å². The molecule has 0 aromatic heterocycles. The molecule has 0 saturated heterocycles. The van der Waals surface area contributed by atoms with Crippen molar-refractivity contribution in [2.45, 2.75) is 39.5 Å². The van der Waals surface area contributed by atoms with Crippen molar-refractivity contribution in [3.8, 4) is 0 Å². The zero-order chi connectivity index (χ0) is 15.9. The molecule has 0 heterocycles. The summed E-state index contributed by atoms with van der Waals surface area (Å²) in [5, 5.41) is 2.99. The summed E-state index contributed by atoms with van der Waals surface area (Å²) in [6, 6.07) is 18.3. The van der Waals surface area contributed by atoms with Crippen LogP contribution in [0.3, 0.4) is 0 Å². The Bertz CT molecular complexity index is 589. The first-order valence-corrected chi connectivity index (χ1v) is 8.02. The van der Waals surface area contributed by atoms with E-state index in [9.17, 15) is 4.79 Å². The van der Waals surface area contributed by atoms with Crippen molar-refractivity contribution in [3.63, 3.8) is 0 Å². The molecule has 0 aliphatic heterocycles. The number of anilines is 1. The van der Waals surface area contributed by atoms with E-state index in [1.807, 2.05) is 37.3 Å². The topological polar surface area (TPSA) is 29.1 Å². The molecule has 0 bridgehead atoms. The van der Waals surface area contributed by atoms with Gasteiger partial charge in [0.25, 0.3) is 0 Å². The molecule has 2 atom stereocenters. The van der Waals surface area contributed by atoms with Gasteiger partial charge in [-0.3, -0.25) is 4.79 Å². The van der Waals surface area contributed by atoms with Crippen molar-refractivity contribution in [1.82, 2.24) is 0 Å². The molecule has 0 aliphatic rings. The molecule has 0 saturated carbocycles. The summed E-state index contributed by atoms with van der Waals surface area (Å²) in [5.41, 5.74) is 3.46. The molecule has 2 heteroatoms. The first-order valence-electron chi connectivity index (χ1n) is 8.02. The zero-order valence-corrected chi connectivity index (χ0v) is 13.7. The van der Waals surface area contributed by atoms with Gasteiger partial charge in [0.1, 0.15) is 0 Å². The fourth-order valence-corrected chi connectivity index (χ4v) is 2.70. The van der Waals surface area contributed by atoms with Gasteiger partial charge in [-0.15, -0.1) is 0 Å². The Morgan fingerprint density at radius 3 is 2.27 bits per heavy atom. The summed E-state index contributed by atoms with van der Waals surface area (Å²) in [6.45, 7) is 6.29. The highest BCUT2D eigenvalue weighted by Crippen LogP contribution is 2.27. The number of carbonyl (C=O) groups is 1. The average Bonchev–Trinajstić information content (AvgIpc) is 2.54. The Labute approximate surface area is 133 Å². The van der Waals surface area contributed by atoms with Crippen LogP contribution in [-0.4, -0.2) is 5.91 Å². The van der Waals surface area contributed by atoms with E-state index in [2.05, 4.69) is 43.4 Å². The Balaban J connectivity index is 1.98. The SMILES string of the molecule is CCC(CC(C)C(=O)Nc1ccccc1)c1ccc(C)cc1. The summed E-state index contributed by atoms with van der Waals surface area (Å²) < 4.78 is 0. The van der Waals surface area contributed by atoms with Crippen molar-refractivity contribution < 1.29 is 4.79 Å². The normalized spacial score (nSPS) is 13.4. The molecule has 0 aliphatic carbocycles. The van der Waals surface area contributed by atoms with E-state index in [0.717, 1.165) is 18.5 Å². The summed E-state index contributed by atoms with van der Waals surface area (Å²) in [6.07, 6.45) is 1.92. The van der Waals surface area contributed by atoms with E-state index in [1.54, 1.807) is 0 Å². The standard InChI is InChI=1S/C20H25NO/c1-4-17(18-12-10-15(2)11-13-18)14-16(3)20(22)21-19-8-6-5-7-9-19/h5-13,16-17H,4,14H2,1-3H3,(H,21,22). The van der Waals surface area contributed by atoms with Gasteiger partial charge in [0.15, 0.2) is 0 Å². The van der Waals surface area contributed by atoms with Gasteiger partial charge in [-0.1, -0.05) is 61.9 Å². The summed E-state index contributed by atoms with van der Waals surface area (Å²) in [4.78, 5) is 12.3. The highest BCUT2D eigenvalue weighted by atomic mass is 16.1. The van der Waals surface area contributed by atoms with Crippen LogP contribution in [0.1, 0.15) is 43.7 Å². The predicted octanol–water partition coefficient (Wildman–Crippen LogP) is 5.15. The maximum Gasteiger partial charge on any atom is 0.227 e. The van der Waals surface area contributed by atoms with E-state index < -0.39 is 0 Å². The molecule has 0 fully saturated rings. The number of benzene rings is 2. The number of amides is 1. The van der Waals surface area contributed by atoms with E-state index in [4.69, 9.17) is 0 Å². The maximum atomic E-state index is 12.3. The Hall–Kier alpha value is -2.09. The predicted molar refractivity (Wildman–Crippen MR) is 93.1 cm³/mol. The van der Waals surface area contributed by atoms with Crippen molar-refractivity contribution in [2.75, 3.05) is 5.32 Å². The van der Waals surface area contributed by atoms with Gasteiger partial charge in [0.05, 0.1) is 0 Å². The van der Waals surface area contributed by atoms with Crippen molar-refractivity contribution in [3.05, 3.63) is 65.7 Å². The van der Waals surface area contributed by atoms with Gasteiger partial charge in [-0.2, -0.15) is 0 Å². The first kappa shape index (κ1) is 16.3. The minimum Gasteiger partial charge on any atom is -0.326 e. The largest absolute Gasteiger partial charge is 0.326 e. The number of carbonyl (C=O) groups excluding carboxylic acids is 1. The van der Waals surface area contributed by atoms with Crippen molar-refractivity contribution in [1.29, 1.82) is 0 Å². The van der Waals surface area contributed by atoms with Crippen LogP contribution < -0.4 is 5.32 Å². The zero-order valence-electron chi connectivity index (χ0n) is 13.7. The van der Waals surface area contributed by atoms with Gasteiger partial charge < -0.3 is 5.32 Å².